The predicted molar refractivity (Wildman–Crippen MR) is 84.8 cm³/mol. The molecule has 6 heteroatoms. The van der Waals surface area contributed by atoms with Gasteiger partial charge in [-0.2, -0.15) is 0 Å². The van der Waals surface area contributed by atoms with E-state index < -0.39 is 11.7 Å². The Kier molecular flexibility index (Phi) is 4.29. The zero-order chi connectivity index (χ0) is 16.8. The number of ether oxygens (including phenoxy) is 1. The fourth-order valence-corrected chi connectivity index (χ4v) is 3.31. The van der Waals surface area contributed by atoms with Crippen LogP contribution < -0.4 is 0 Å². The summed E-state index contributed by atoms with van der Waals surface area (Å²) in [6, 6.07) is -0.0308. The third kappa shape index (κ3) is 3.79. The molecule has 0 aromatic rings. The predicted octanol–water partition coefficient (Wildman–Crippen LogP) is 1.76. The van der Waals surface area contributed by atoms with Gasteiger partial charge in [0.05, 0.1) is 6.10 Å². The quantitative estimate of drug-likeness (QED) is 0.855. The molecule has 3 rings (SSSR count). The second kappa shape index (κ2) is 5.96. The van der Waals surface area contributed by atoms with Gasteiger partial charge in [0.15, 0.2) is 0 Å². The van der Waals surface area contributed by atoms with Gasteiger partial charge in [-0.05, 0) is 58.8 Å². The largest absolute Gasteiger partial charge is 0.444 e. The van der Waals surface area contributed by atoms with Crippen LogP contribution in [0.2, 0.25) is 0 Å². The Bertz CT molecular complexity index is 477. The average molecular weight is 324 g/mol. The first kappa shape index (κ1) is 16.6. The lowest BCUT2D eigenvalue weighted by Gasteiger charge is -2.44. The number of hydrogen-bond acceptors (Lipinski definition) is 4. The summed E-state index contributed by atoms with van der Waals surface area (Å²) in [6.07, 6.45) is 3.82. The normalized spacial score (nSPS) is 30.3. The van der Waals surface area contributed by atoms with E-state index in [4.69, 9.17) is 4.74 Å². The fourth-order valence-electron chi connectivity index (χ4n) is 3.31. The molecule has 1 N–H and O–H groups in total. The van der Waals surface area contributed by atoms with Gasteiger partial charge in [-0.25, -0.2) is 4.79 Å². The van der Waals surface area contributed by atoms with Gasteiger partial charge in [-0.1, -0.05) is 0 Å². The van der Waals surface area contributed by atoms with Crippen molar-refractivity contribution < 1.29 is 19.4 Å². The van der Waals surface area contributed by atoms with Gasteiger partial charge in [0.1, 0.15) is 11.6 Å². The van der Waals surface area contributed by atoms with Crippen molar-refractivity contribution in [3.05, 3.63) is 0 Å². The Hall–Kier alpha value is -1.30. The SMILES string of the molecule is CC(C)(C)OC(=O)N1CC[C@@H]1C(=O)N(CC1CC(O)C1)C1CC1. The third-order valence-electron chi connectivity index (χ3n) is 4.87. The topological polar surface area (TPSA) is 70.1 Å². The van der Waals surface area contributed by atoms with Crippen LogP contribution in [0.1, 0.15) is 52.9 Å². The number of carbonyl (C=O) groups is 2. The molecule has 1 saturated heterocycles. The first-order valence-corrected chi connectivity index (χ1v) is 8.73. The van der Waals surface area contributed by atoms with Crippen LogP contribution in [0.25, 0.3) is 0 Å². The van der Waals surface area contributed by atoms with Gasteiger partial charge in [0.2, 0.25) is 5.91 Å². The molecule has 23 heavy (non-hydrogen) atoms. The Morgan fingerprint density at radius 2 is 1.87 bits per heavy atom. The maximum Gasteiger partial charge on any atom is 0.410 e. The van der Waals surface area contributed by atoms with Crippen LogP contribution in [-0.2, 0) is 9.53 Å². The minimum absolute atomic E-state index is 0.0611. The number of amides is 2. The average Bonchev–Trinajstić information content (AvgIpc) is 3.12. The molecule has 130 valence electrons. The summed E-state index contributed by atoms with van der Waals surface area (Å²) in [5.74, 6) is 0.468. The van der Waals surface area contributed by atoms with Crippen molar-refractivity contribution in [2.45, 2.75) is 76.7 Å². The van der Waals surface area contributed by atoms with Gasteiger partial charge in [-0.15, -0.1) is 0 Å². The highest BCUT2D eigenvalue weighted by molar-refractivity contribution is 5.87. The van der Waals surface area contributed by atoms with E-state index in [-0.39, 0.29) is 18.1 Å². The third-order valence-corrected chi connectivity index (χ3v) is 4.87. The minimum Gasteiger partial charge on any atom is -0.444 e. The van der Waals surface area contributed by atoms with Gasteiger partial charge in [0.25, 0.3) is 0 Å². The van der Waals surface area contributed by atoms with Gasteiger partial charge >= 0.3 is 6.09 Å². The second-order valence-corrected chi connectivity index (χ2v) is 8.19. The molecule has 0 aromatic heterocycles. The summed E-state index contributed by atoms with van der Waals surface area (Å²) >= 11 is 0. The molecule has 3 aliphatic rings. The lowest BCUT2D eigenvalue weighted by Crippen LogP contribution is -2.60. The maximum absolute atomic E-state index is 12.9. The molecule has 0 spiro atoms. The second-order valence-electron chi connectivity index (χ2n) is 8.19. The van der Waals surface area contributed by atoms with Crippen LogP contribution in [0.15, 0.2) is 0 Å². The lowest BCUT2D eigenvalue weighted by molar-refractivity contribution is -0.143. The van der Waals surface area contributed by atoms with E-state index in [1.165, 1.54) is 0 Å². The summed E-state index contributed by atoms with van der Waals surface area (Å²) in [6.45, 7) is 6.81. The highest BCUT2D eigenvalue weighted by Crippen LogP contribution is 2.35. The summed E-state index contributed by atoms with van der Waals surface area (Å²) in [5.41, 5.74) is -0.543. The molecule has 0 radical (unpaired) electrons. The molecular formula is C17H28N2O4. The van der Waals surface area contributed by atoms with Gasteiger partial charge < -0.3 is 14.7 Å². The highest BCUT2D eigenvalue weighted by atomic mass is 16.6. The van der Waals surface area contributed by atoms with E-state index in [1.54, 1.807) is 4.90 Å². The molecule has 1 atom stereocenters. The maximum atomic E-state index is 12.9. The summed E-state index contributed by atoms with van der Waals surface area (Å²) in [4.78, 5) is 28.6. The Morgan fingerprint density at radius 1 is 1.22 bits per heavy atom. The molecule has 6 nitrogen and oxygen atoms in total. The van der Waals surface area contributed by atoms with Crippen LogP contribution >= 0.6 is 0 Å². The van der Waals surface area contributed by atoms with E-state index in [0.717, 1.165) is 32.2 Å². The van der Waals surface area contributed by atoms with Crippen molar-refractivity contribution >= 4 is 12.0 Å². The fraction of sp³-hybridized carbons (Fsp3) is 0.882. The van der Waals surface area contributed by atoms with E-state index >= 15 is 0 Å². The minimum atomic E-state index is -0.543. The number of aliphatic hydroxyl groups is 1. The first-order chi connectivity index (χ1) is 10.7. The summed E-state index contributed by atoms with van der Waals surface area (Å²) in [5, 5.41) is 9.44. The van der Waals surface area contributed by atoms with Crippen molar-refractivity contribution in [1.82, 2.24) is 9.80 Å². The molecular weight excluding hydrogens is 296 g/mol. The summed E-state index contributed by atoms with van der Waals surface area (Å²) < 4.78 is 5.39. The number of aliphatic hydroxyl groups excluding tert-OH is 1. The van der Waals surface area contributed by atoms with E-state index in [1.807, 2.05) is 25.7 Å². The number of hydrogen-bond donors (Lipinski definition) is 1. The molecule has 1 heterocycles. The highest BCUT2D eigenvalue weighted by Gasteiger charge is 2.46. The Balaban J connectivity index is 1.58. The molecule has 0 unspecified atom stereocenters. The van der Waals surface area contributed by atoms with Crippen LogP contribution in [0.3, 0.4) is 0 Å². The van der Waals surface area contributed by atoms with Gasteiger partial charge in [0, 0.05) is 19.1 Å². The molecule has 1 aliphatic heterocycles. The van der Waals surface area contributed by atoms with Crippen LogP contribution in [-0.4, -0.2) is 63.8 Å². The Morgan fingerprint density at radius 3 is 2.30 bits per heavy atom. The molecule has 2 amide bonds. The Labute approximate surface area is 137 Å². The molecule has 2 aliphatic carbocycles. The zero-order valence-electron chi connectivity index (χ0n) is 14.3. The van der Waals surface area contributed by atoms with Crippen LogP contribution in [0, 0.1) is 5.92 Å². The standard InChI is InChI=1S/C17H28N2O4/c1-17(2,3)23-16(22)18-7-6-14(18)15(21)19(12-4-5-12)10-11-8-13(20)9-11/h11-14,20H,4-10H2,1-3H3/t11?,13?,14-/m1/s1. The lowest BCUT2D eigenvalue weighted by atomic mass is 9.82. The van der Waals surface area contributed by atoms with Crippen LogP contribution in [0.4, 0.5) is 4.79 Å². The monoisotopic (exact) mass is 324 g/mol. The van der Waals surface area contributed by atoms with Crippen molar-refractivity contribution in [1.29, 1.82) is 0 Å². The molecule has 0 bridgehead atoms. The van der Waals surface area contributed by atoms with E-state index in [9.17, 15) is 14.7 Å². The molecule has 3 fully saturated rings. The van der Waals surface area contributed by atoms with E-state index in [2.05, 4.69) is 0 Å². The number of rotatable bonds is 4. The smallest absolute Gasteiger partial charge is 0.410 e. The number of carbonyl (C=O) groups excluding carboxylic acids is 2. The molecule has 0 aromatic carbocycles. The number of nitrogens with zero attached hydrogens (tertiary/aromatic N) is 2. The molecule has 2 saturated carbocycles. The summed E-state index contributed by atoms with van der Waals surface area (Å²) in [7, 11) is 0. The first-order valence-electron chi connectivity index (χ1n) is 8.73. The van der Waals surface area contributed by atoms with Crippen molar-refractivity contribution in [3.63, 3.8) is 0 Å². The van der Waals surface area contributed by atoms with E-state index in [0.29, 0.717) is 24.9 Å². The van der Waals surface area contributed by atoms with Gasteiger partial charge in [-0.3, -0.25) is 9.69 Å². The number of likely N-dealkylation sites (tertiary alicyclic amines) is 1. The van der Waals surface area contributed by atoms with Crippen molar-refractivity contribution in [2.24, 2.45) is 5.92 Å². The van der Waals surface area contributed by atoms with Crippen LogP contribution in [0.5, 0.6) is 0 Å². The van der Waals surface area contributed by atoms with Crippen molar-refractivity contribution in [2.75, 3.05) is 13.1 Å². The zero-order valence-corrected chi connectivity index (χ0v) is 14.3. The van der Waals surface area contributed by atoms with Crippen molar-refractivity contribution in [3.8, 4) is 0 Å².